The molecule has 0 radical (unpaired) electrons. The predicted molar refractivity (Wildman–Crippen MR) is 119 cm³/mol. The molecule has 0 aliphatic carbocycles. The number of aryl methyl sites for hydroxylation is 1. The van der Waals surface area contributed by atoms with Crippen molar-refractivity contribution in [1.29, 1.82) is 0 Å². The summed E-state index contributed by atoms with van der Waals surface area (Å²) in [6, 6.07) is 14.6. The van der Waals surface area contributed by atoms with Gasteiger partial charge in [0, 0.05) is 23.8 Å². The van der Waals surface area contributed by atoms with Crippen LogP contribution in [0.4, 0.5) is 5.69 Å². The molecule has 5 rings (SSSR count). The van der Waals surface area contributed by atoms with Crippen LogP contribution >= 0.6 is 0 Å². The Hall–Kier alpha value is -3.03. The molecule has 3 amide bonds. The maximum absolute atomic E-state index is 13.7. The van der Waals surface area contributed by atoms with Crippen LogP contribution in [0.15, 0.2) is 48.5 Å². The predicted octanol–water partition coefficient (Wildman–Crippen LogP) is 1.59. The van der Waals surface area contributed by atoms with E-state index in [0.29, 0.717) is 17.7 Å². The van der Waals surface area contributed by atoms with E-state index in [0.717, 1.165) is 17.5 Å². The lowest BCUT2D eigenvalue weighted by Gasteiger charge is -2.30. The van der Waals surface area contributed by atoms with Crippen molar-refractivity contribution in [3.8, 4) is 0 Å². The van der Waals surface area contributed by atoms with Gasteiger partial charge in [0.05, 0.1) is 17.9 Å². The lowest BCUT2D eigenvalue weighted by molar-refractivity contribution is -0.143. The van der Waals surface area contributed by atoms with Crippen molar-refractivity contribution in [3.05, 3.63) is 65.2 Å². The van der Waals surface area contributed by atoms with Crippen molar-refractivity contribution >= 4 is 23.4 Å². The smallest absolute Gasteiger partial charge is 0.250 e. The number of carbonyl (C=O) groups excluding carboxylic acids is 3. The van der Waals surface area contributed by atoms with Crippen molar-refractivity contribution < 1.29 is 19.5 Å². The molecule has 2 saturated heterocycles. The molecular formula is C25H27N3O4. The molecule has 1 spiro atoms. The Labute approximate surface area is 186 Å². The van der Waals surface area contributed by atoms with Crippen LogP contribution in [0.5, 0.6) is 0 Å². The number of anilines is 1. The van der Waals surface area contributed by atoms with Crippen LogP contribution in [-0.2, 0) is 32.8 Å². The van der Waals surface area contributed by atoms with Gasteiger partial charge in [-0.25, -0.2) is 0 Å². The number of nitrogens with one attached hydrogen (secondary N) is 2. The van der Waals surface area contributed by atoms with Crippen LogP contribution in [0.3, 0.4) is 0 Å². The lowest BCUT2D eigenvalue weighted by atomic mass is 9.76. The molecule has 3 heterocycles. The lowest BCUT2D eigenvalue weighted by Crippen LogP contribution is -2.54. The van der Waals surface area contributed by atoms with E-state index in [1.807, 2.05) is 55.5 Å². The molecule has 2 aromatic rings. The van der Waals surface area contributed by atoms with Gasteiger partial charge in [0.25, 0.3) is 0 Å². The number of benzene rings is 2. The topological polar surface area (TPSA) is 98.7 Å². The molecule has 0 saturated carbocycles. The molecule has 7 heteroatoms. The van der Waals surface area contributed by atoms with E-state index < -0.39 is 29.5 Å². The number of aliphatic hydroxyl groups excluding tert-OH is 1. The summed E-state index contributed by atoms with van der Waals surface area (Å²) >= 11 is 0. The SMILES string of the molecule is CCc1cccc2c1NC(=O)[C@@]21N[C@@H]([C@H](C)O)[C@H]2C(=O)N(CCc3ccccc3)C(=O)[C@H]21. The molecule has 7 nitrogen and oxygen atoms in total. The fourth-order valence-corrected chi connectivity index (χ4v) is 5.69. The van der Waals surface area contributed by atoms with Gasteiger partial charge in [-0.1, -0.05) is 55.5 Å². The fourth-order valence-electron chi connectivity index (χ4n) is 5.69. The minimum atomic E-state index is -1.36. The first-order valence-electron chi connectivity index (χ1n) is 11.2. The second kappa shape index (κ2) is 7.53. The van der Waals surface area contributed by atoms with Crippen molar-refractivity contribution in [1.82, 2.24) is 10.2 Å². The number of aliphatic hydroxyl groups is 1. The van der Waals surface area contributed by atoms with E-state index in [9.17, 15) is 19.5 Å². The summed E-state index contributed by atoms with van der Waals surface area (Å²) in [6.07, 6.45) is 0.364. The van der Waals surface area contributed by atoms with Gasteiger partial charge in [-0.2, -0.15) is 0 Å². The first kappa shape index (κ1) is 20.8. The minimum Gasteiger partial charge on any atom is -0.392 e. The quantitative estimate of drug-likeness (QED) is 0.622. The maximum Gasteiger partial charge on any atom is 0.250 e. The molecule has 3 N–H and O–H groups in total. The Morgan fingerprint density at radius 2 is 1.81 bits per heavy atom. The minimum absolute atomic E-state index is 0.251. The molecule has 2 aromatic carbocycles. The van der Waals surface area contributed by atoms with Gasteiger partial charge < -0.3 is 10.4 Å². The maximum atomic E-state index is 13.7. The molecule has 2 fully saturated rings. The fraction of sp³-hybridized carbons (Fsp3) is 0.400. The van der Waals surface area contributed by atoms with E-state index in [1.165, 1.54) is 4.90 Å². The molecule has 3 aliphatic rings. The molecule has 3 aliphatic heterocycles. The number of nitrogens with zero attached hydrogens (tertiary/aromatic N) is 1. The molecular weight excluding hydrogens is 406 g/mol. The van der Waals surface area contributed by atoms with E-state index in [2.05, 4.69) is 10.6 Å². The third-order valence-electron chi connectivity index (χ3n) is 7.23. The normalized spacial score (nSPS) is 29.4. The van der Waals surface area contributed by atoms with Crippen LogP contribution in [0, 0.1) is 11.8 Å². The molecule has 166 valence electrons. The highest BCUT2D eigenvalue weighted by Gasteiger charge is 2.71. The van der Waals surface area contributed by atoms with Crippen LogP contribution in [0.25, 0.3) is 0 Å². The summed E-state index contributed by atoms with van der Waals surface area (Å²) in [7, 11) is 0. The number of para-hydroxylation sites is 1. The summed E-state index contributed by atoms with van der Waals surface area (Å²) < 4.78 is 0. The number of likely N-dealkylation sites (tertiary alicyclic amines) is 1. The second-order valence-corrected chi connectivity index (χ2v) is 8.93. The van der Waals surface area contributed by atoms with Crippen LogP contribution in [0.2, 0.25) is 0 Å². The first-order valence-corrected chi connectivity index (χ1v) is 11.2. The summed E-state index contributed by atoms with van der Waals surface area (Å²) in [5, 5.41) is 16.7. The number of rotatable bonds is 5. The number of fused-ring (bicyclic) bond motifs is 4. The van der Waals surface area contributed by atoms with E-state index in [-0.39, 0.29) is 24.3 Å². The number of amides is 3. The Morgan fingerprint density at radius 3 is 2.50 bits per heavy atom. The van der Waals surface area contributed by atoms with Gasteiger partial charge in [0.1, 0.15) is 5.54 Å². The summed E-state index contributed by atoms with van der Waals surface area (Å²) in [6.45, 7) is 3.85. The Bertz CT molecular complexity index is 1100. The standard InChI is InChI=1S/C25H27N3O4/c1-3-16-10-7-11-17-21(16)26-24(32)25(17)19-18(20(27-25)14(2)29)22(30)28(23(19)31)13-12-15-8-5-4-6-9-15/h4-11,14,18-20,27,29H,3,12-13H2,1-2H3,(H,26,32)/t14-,18-,19-,20-,25+/m0/s1. The number of imide groups is 1. The zero-order valence-electron chi connectivity index (χ0n) is 18.2. The van der Waals surface area contributed by atoms with Crippen molar-refractivity contribution in [2.24, 2.45) is 11.8 Å². The monoisotopic (exact) mass is 433 g/mol. The van der Waals surface area contributed by atoms with Gasteiger partial charge >= 0.3 is 0 Å². The van der Waals surface area contributed by atoms with Crippen LogP contribution in [-0.4, -0.2) is 46.4 Å². The van der Waals surface area contributed by atoms with Gasteiger partial charge in [-0.05, 0) is 30.9 Å². The average Bonchev–Trinajstić information content (AvgIpc) is 3.38. The molecule has 0 unspecified atom stereocenters. The van der Waals surface area contributed by atoms with E-state index in [4.69, 9.17) is 0 Å². The summed E-state index contributed by atoms with van der Waals surface area (Å²) in [5.41, 5.74) is 2.04. The van der Waals surface area contributed by atoms with Gasteiger partial charge in [0.15, 0.2) is 0 Å². The first-order chi connectivity index (χ1) is 15.4. The highest BCUT2D eigenvalue weighted by Crippen LogP contribution is 2.53. The van der Waals surface area contributed by atoms with Crippen molar-refractivity contribution in [2.75, 3.05) is 11.9 Å². The van der Waals surface area contributed by atoms with Crippen LogP contribution < -0.4 is 10.6 Å². The second-order valence-electron chi connectivity index (χ2n) is 8.93. The van der Waals surface area contributed by atoms with Gasteiger partial charge in [-0.15, -0.1) is 0 Å². The van der Waals surface area contributed by atoms with Crippen LogP contribution in [0.1, 0.15) is 30.5 Å². The van der Waals surface area contributed by atoms with Gasteiger partial charge in [-0.3, -0.25) is 24.6 Å². The molecule has 0 aromatic heterocycles. The number of hydrogen-bond donors (Lipinski definition) is 3. The van der Waals surface area contributed by atoms with Crippen molar-refractivity contribution in [3.63, 3.8) is 0 Å². The van der Waals surface area contributed by atoms with Crippen molar-refractivity contribution in [2.45, 2.75) is 44.4 Å². The zero-order chi connectivity index (χ0) is 22.6. The van der Waals surface area contributed by atoms with Gasteiger partial charge in [0.2, 0.25) is 17.7 Å². The third-order valence-corrected chi connectivity index (χ3v) is 7.23. The Morgan fingerprint density at radius 1 is 1.06 bits per heavy atom. The Balaban J connectivity index is 1.56. The summed E-state index contributed by atoms with van der Waals surface area (Å²) in [5.74, 6) is -2.69. The highest BCUT2D eigenvalue weighted by molar-refractivity contribution is 6.15. The molecule has 32 heavy (non-hydrogen) atoms. The summed E-state index contributed by atoms with van der Waals surface area (Å²) in [4.78, 5) is 41.8. The van der Waals surface area contributed by atoms with E-state index >= 15 is 0 Å². The molecule has 0 bridgehead atoms. The highest BCUT2D eigenvalue weighted by atomic mass is 16.3. The Kier molecular flexibility index (Phi) is 4.91. The number of carbonyl (C=O) groups is 3. The van der Waals surface area contributed by atoms with E-state index in [1.54, 1.807) is 6.92 Å². The average molecular weight is 434 g/mol. The third kappa shape index (κ3) is 2.77. The molecule has 5 atom stereocenters. The largest absolute Gasteiger partial charge is 0.392 e. The zero-order valence-corrected chi connectivity index (χ0v) is 18.2. The number of hydrogen-bond acceptors (Lipinski definition) is 5.